The van der Waals surface area contributed by atoms with Gasteiger partial charge in [-0.05, 0) is 28.7 Å². The number of benzene rings is 1. The van der Waals surface area contributed by atoms with Gasteiger partial charge in [-0.1, -0.05) is 12.1 Å². The summed E-state index contributed by atoms with van der Waals surface area (Å²) in [5, 5.41) is 0. The summed E-state index contributed by atoms with van der Waals surface area (Å²) in [6.07, 6.45) is 0.520. The van der Waals surface area contributed by atoms with Crippen molar-refractivity contribution in [2.45, 2.75) is 6.42 Å². The second kappa shape index (κ2) is 3.05. The van der Waals surface area contributed by atoms with Gasteiger partial charge in [0.05, 0.1) is 3.57 Å². The molecule has 0 unspecified atom stereocenters. The van der Waals surface area contributed by atoms with E-state index in [9.17, 15) is 4.79 Å². The van der Waals surface area contributed by atoms with E-state index < -0.39 is 0 Å². The van der Waals surface area contributed by atoms with Crippen LogP contribution in [0.5, 0.6) is 5.75 Å². The molecule has 0 spiro atoms. The predicted molar refractivity (Wildman–Crippen MR) is 53.4 cm³/mol. The lowest BCUT2D eigenvalue weighted by molar-refractivity contribution is -0.121. The molecule has 0 aliphatic carbocycles. The van der Waals surface area contributed by atoms with Crippen molar-refractivity contribution in [3.8, 4) is 5.75 Å². The molecule has 12 heavy (non-hydrogen) atoms. The van der Waals surface area contributed by atoms with Crippen LogP contribution < -0.4 is 4.74 Å². The molecule has 0 atom stereocenters. The van der Waals surface area contributed by atoms with E-state index >= 15 is 0 Å². The number of hydrogen-bond donors (Lipinski definition) is 0. The van der Waals surface area contributed by atoms with Crippen LogP contribution in [0.25, 0.3) is 0 Å². The number of ketones is 1. The number of rotatable bonds is 0. The van der Waals surface area contributed by atoms with Crippen molar-refractivity contribution in [1.82, 2.24) is 0 Å². The molecule has 0 radical (unpaired) electrons. The molecule has 1 heterocycles. The number of halogens is 1. The number of ether oxygens (including phenoxy) is 1. The number of para-hydroxylation sites is 1. The van der Waals surface area contributed by atoms with Gasteiger partial charge in [-0.15, -0.1) is 0 Å². The fraction of sp³-hybridized carbons (Fsp3) is 0.222. The van der Waals surface area contributed by atoms with Crippen molar-refractivity contribution in [1.29, 1.82) is 0 Å². The molecule has 0 N–H and O–H groups in total. The zero-order chi connectivity index (χ0) is 8.55. The Morgan fingerprint density at radius 3 is 3.08 bits per heavy atom. The lowest BCUT2D eigenvalue weighted by Crippen LogP contribution is -2.20. The fourth-order valence-electron chi connectivity index (χ4n) is 1.27. The molecule has 1 aliphatic heterocycles. The van der Waals surface area contributed by atoms with Crippen molar-refractivity contribution in [2.75, 3.05) is 6.61 Å². The maximum atomic E-state index is 11.0. The first-order valence-corrected chi connectivity index (χ1v) is 4.77. The molecule has 0 saturated heterocycles. The van der Waals surface area contributed by atoms with E-state index in [2.05, 4.69) is 22.6 Å². The average Bonchev–Trinajstić information content (AvgIpc) is 2.04. The molecule has 1 aliphatic rings. The first kappa shape index (κ1) is 8.04. The van der Waals surface area contributed by atoms with Crippen LogP contribution in [0.15, 0.2) is 18.2 Å². The van der Waals surface area contributed by atoms with Gasteiger partial charge in [-0.25, -0.2) is 0 Å². The van der Waals surface area contributed by atoms with Gasteiger partial charge in [-0.3, -0.25) is 4.79 Å². The fourth-order valence-corrected chi connectivity index (χ4v) is 1.98. The summed E-state index contributed by atoms with van der Waals surface area (Å²) in [5.41, 5.74) is 1.01. The topological polar surface area (TPSA) is 26.3 Å². The van der Waals surface area contributed by atoms with Crippen LogP contribution in [0.1, 0.15) is 5.56 Å². The molecule has 1 aromatic carbocycles. The van der Waals surface area contributed by atoms with E-state index in [-0.39, 0.29) is 12.4 Å². The normalized spacial score (nSPS) is 15.2. The number of fused-ring (bicyclic) bond motifs is 1. The Bertz CT molecular complexity index is 333. The van der Waals surface area contributed by atoms with Gasteiger partial charge in [0.15, 0.2) is 5.78 Å². The second-order valence-corrected chi connectivity index (χ2v) is 3.89. The maximum absolute atomic E-state index is 11.0. The highest BCUT2D eigenvalue weighted by Crippen LogP contribution is 2.28. The highest BCUT2D eigenvalue weighted by atomic mass is 127. The number of carbonyl (C=O) groups excluding carboxylic acids is 1. The van der Waals surface area contributed by atoms with E-state index in [4.69, 9.17) is 4.74 Å². The van der Waals surface area contributed by atoms with Gasteiger partial charge >= 0.3 is 0 Å². The Morgan fingerprint density at radius 2 is 2.25 bits per heavy atom. The van der Waals surface area contributed by atoms with Gasteiger partial charge in [0, 0.05) is 12.0 Å². The third kappa shape index (κ3) is 1.33. The summed E-state index contributed by atoms with van der Waals surface area (Å²) < 4.78 is 6.39. The molecule has 0 fully saturated rings. The monoisotopic (exact) mass is 274 g/mol. The van der Waals surface area contributed by atoms with Gasteiger partial charge in [-0.2, -0.15) is 0 Å². The molecule has 3 heteroatoms. The smallest absolute Gasteiger partial charge is 0.174 e. The third-order valence-corrected chi connectivity index (χ3v) is 2.66. The van der Waals surface area contributed by atoms with Crippen LogP contribution in [-0.2, 0) is 11.2 Å². The first-order chi connectivity index (χ1) is 5.77. The van der Waals surface area contributed by atoms with Crippen molar-refractivity contribution in [3.05, 3.63) is 27.3 Å². The van der Waals surface area contributed by atoms with Gasteiger partial charge < -0.3 is 4.74 Å². The van der Waals surface area contributed by atoms with E-state index in [1.54, 1.807) is 0 Å². The van der Waals surface area contributed by atoms with Gasteiger partial charge in [0.1, 0.15) is 12.4 Å². The van der Waals surface area contributed by atoms with Crippen LogP contribution in [0, 0.1) is 3.57 Å². The summed E-state index contributed by atoms with van der Waals surface area (Å²) in [4.78, 5) is 11.0. The molecule has 2 rings (SSSR count). The summed E-state index contributed by atoms with van der Waals surface area (Å²) in [5.74, 6) is 1.04. The number of Topliss-reactive ketones (excluding diaryl/α,β-unsaturated/α-hetero) is 1. The van der Waals surface area contributed by atoms with Gasteiger partial charge in [0.25, 0.3) is 0 Å². The molecular formula is C9H7IO2. The molecule has 62 valence electrons. The third-order valence-electron chi connectivity index (χ3n) is 1.81. The standard InChI is InChI=1S/C9H7IO2/c10-8-3-1-2-6-4-7(11)5-12-9(6)8/h1-3H,4-5H2. The Labute approximate surface area is 84.1 Å². The summed E-state index contributed by atoms with van der Waals surface area (Å²) in [7, 11) is 0. The Balaban J connectivity index is 2.48. The minimum absolute atomic E-state index is 0.157. The van der Waals surface area contributed by atoms with Crippen molar-refractivity contribution in [3.63, 3.8) is 0 Å². The van der Waals surface area contributed by atoms with E-state index in [0.717, 1.165) is 14.9 Å². The Kier molecular flexibility index (Phi) is 2.04. The summed E-state index contributed by atoms with van der Waals surface area (Å²) in [6.45, 7) is 0.229. The molecule has 0 amide bonds. The molecular weight excluding hydrogens is 267 g/mol. The zero-order valence-electron chi connectivity index (χ0n) is 6.34. The van der Waals surface area contributed by atoms with Crippen LogP contribution in [0.4, 0.5) is 0 Å². The van der Waals surface area contributed by atoms with Gasteiger partial charge in [0.2, 0.25) is 0 Å². The highest BCUT2D eigenvalue weighted by molar-refractivity contribution is 14.1. The maximum Gasteiger partial charge on any atom is 0.174 e. The number of carbonyl (C=O) groups is 1. The molecule has 1 aromatic rings. The zero-order valence-corrected chi connectivity index (χ0v) is 8.50. The SMILES string of the molecule is O=C1COc2c(I)cccc2C1. The lowest BCUT2D eigenvalue weighted by Gasteiger charge is -2.16. The van der Waals surface area contributed by atoms with Crippen molar-refractivity contribution >= 4 is 28.4 Å². The van der Waals surface area contributed by atoms with Crippen LogP contribution in [0.3, 0.4) is 0 Å². The van der Waals surface area contributed by atoms with Crippen LogP contribution in [0.2, 0.25) is 0 Å². The first-order valence-electron chi connectivity index (χ1n) is 3.69. The van der Waals surface area contributed by atoms with E-state index in [1.165, 1.54) is 0 Å². The molecule has 0 saturated carbocycles. The molecule has 0 bridgehead atoms. The van der Waals surface area contributed by atoms with Crippen molar-refractivity contribution in [2.24, 2.45) is 0 Å². The Hall–Kier alpha value is -0.580. The van der Waals surface area contributed by atoms with Crippen molar-refractivity contribution < 1.29 is 9.53 Å². The predicted octanol–water partition coefficient (Wildman–Crippen LogP) is 1.80. The minimum Gasteiger partial charge on any atom is -0.484 e. The molecule has 0 aromatic heterocycles. The minimum atomic E-state index is 0.157. The van der Waals surface area contributed by atoms with Crippen LogP contribution >= 0.6 is 22.6 Å². The van der Waals surface area contributed by atoms with E-state index in [0.29, 0.717) is 6.42 Å². The average molecular weight is 274 g/mol. The Morgan fingerprint density at radius 1 is 1.42 bits per heavy atom. The summed E-state index contributed by atoms with van der Waals surface area (Å²) >= 11 is 2.21. The largest absolute Gasteiger partial charge is 0.484 e. The summed E-state index contributed by atoms with van der Waals surface area (Å²) in [6, 6.07) is 5.87. The quantitative estimate of drug-likeness (QED) is 0.674. The lowest BCUT2D eigenvalue weighted by atomic mass is 10.1. The van der Waals surface area contributed by atoms with Crippen LogP contribution in [-0.4, -0.2) is 12.4 Å². The number of hydrogen-bond acceptors (Lipinski definition) is 2. The highest BCUT2D eigenvalue weighted by Gasteiger charge is 2.17. The second-order valence-electron chi connectivity index (χ2n) is 2.73. The van der Waals surface area contributed by atoms with E-state index in [1.807, 2.05) is 18.2 Å². The molecule has 2 nitrogen and oxygen atoms in total.